The van der Waals surface area contributed by atoms with Crippen LogP contribution >= 0.6 is 11.3 Å². The number of fused-ring (bicyclic) bond motifs is 1. The number of thiophene rings is 1. The molecule has 0 unspecified atom stereocenters. The first kappa shape index (κ1) is 25.9. The van der Waals surface area contributed by atoms with Crippen molar-refractivity contribution in [3.8, 4) is 5.75 Å². The van der Waals surface area contributed by atoms with Crippen LogP contribution in [0.3, 0.4) is 0 Å². The number of rotatable bonds is 6. The van der Waals surface area contributed by atoms with Crippen molar-refractivity contribution in [1.29, 1.82) is 0 Å². The van der Waals surface area contributed by atoms with E-state index in [9.17, 15) is 13.2 Å². The lowest BCUT2D eigenvalue weighted by Gasteiger charge is -2.41. The van der Waals surface area contributed by atoms with Gasteiger partial charge in [-0.05, 0) is 72.7 Å². The molecule has 3 aromatic rings. The van der Waals surface area contributed by atoms with Crippen LogP contribution in [0.1, 0.15) is 34.5 Å². The fraction of sp³-hybridized carbons (Fsp3) is 0.393. The number of carbonyl (C=O) groups excluding carboxylic acids is 1. The Morgan fingerprint density at radius 2 is 1.78 bits per heavy atom. The molecular weight excluding hydrogens is 506 g/mol. The zero-order chi connectivity index (χ0) is 26.2. The highest BCUT2D eigenvalue weighted by Gasteiger charge is 2.37. The number of methoxy groups -OCH3 is 1. The van der Waals surface area contributed by atoms with Gasteiger partial charge in [-0.1, -0.05) is 24.3 Å². The molecule has 0 aliphatic carbocycles. The van der Waals surface area contributed by atoms with E-state index >= 15 is 0 Å². The number of amides is 1. The van der Waals surface area contributed by atoms with Gasteiger partial charge in [0.1, 0.15) is 5.75 Å². The van der Waals surface area contributed by atoms with Gasteiger partial charge in [0.2, 0.25) is 15.9 Å². The Morgan fingerprint density at radius 1 is 1.03 bits per heavy atom. The first-order valence-electron chi connectivity index (χ1n) is 12.6. The lowest BCUT2D eigenvalue weighted by Crippen LogP contribution is -2.57. The van der Waals surface area contributed by atoms with Gasteiger partial charge >= 0.3 is 0 Å². The molecule has 2 aliphatic rings. The molecule has 1 amide bonds. The molecule has 9 heteroatoms. The summed E-state index contributed by atoms with van der Waals surface area (Å²) in [6, 6.07) is 16.8. The minimum Gasteiger partial charge on any atom is -0.497 e. The van der Waals surface area contributed by atoms with Gasteiger partial charge in [-0.25, -0.2) is 8.42 Å². The van der Waals surface area contributed by atoms with E-state index in [1.54, 1.807) is 42.7 Å². The maximum Gasteiger partial charge on any atom is 0.243 e. The number of ether oxygens (including phenoxy) is 1. The largest absolute Gasteiger partial charge is 0.497 e. The summed E-state index contributed by atoms with van der Waals surface area (Å²) in [5, 5.41) is 2.14. The average molecular weight is 540 g/mol. The lowest BCUT2D eigenvalue weighted by atomic mass is 9.90. The van der Waals surface area contributed by atoms with Crippen molar-refractivity contribution in [2.75, 3.05) is 39.8 Å². The van der Waals surface area contributed by atoms with E-state index < -0.39 is 10.0 Å². The molecule has 0 radical (unpaired) electrons. The van der Waals surface area contributed by atoms with Crippen molar-refractivity contribution < 1.29 is 17.9 Å². The van der Waals surface area contributed by atoms with E-state index in [1.807, 2.05) is 17.9 Å². The highest BCUT2D eigenvalue weighted by molar-refractivity contribution is 7.89. The standard InChI is InChI=1S/C28H33N3O4S2/c1-20-6-4-5-7-24(20)28-25-13-17-36-26(25)12-14-30(28)19-27(32)29-15-16-31(21(2)18-29)37(33,34)23-10-8-22(35-3)9-11-23/h4-11,13,17,21,28H,12,14-16,18-19H2,1-3H3/t21-,28+/m1/s1. The molecule has 0 bridgehead atoms. The second kappa shape index (κ2) is 10.6. The molecule has 5 rings (SSSR count). The van der Waals surface area contributed by atoms with Crippen LogP contribution in [0.2, 0.25) is 0 Å². The van der Waals surface area contributed by atoms with Gasteiger partial charge in [-0.15, -0.1) is 11.3 Å². The molecule has 7 nitrogen and oxygen atoms in total. The molecule has 37 heavy (non-hydrogen) atoms. The average Bonchev–Trinajstić information content (AvgIpc) is 3.38. The van der Waals surface area contributed by atoms with Crippen molar-refractivity contribution in [2.24, 2.45) is 0 Å². The zero-order valence-corrected chi connectivity index (χ0v) is 23.1. The Bertz CT molecular complexity index is 1370. The van der Waals surface area contributed by atoms with Crippen molar-refractivity contribution in [2.45, 2.75) is 37.2 Å². The summed E-state index contributed by atoms with van der Waals surface area (Å²) in [6.45, 7) is 6.16. The van der Waals surface area contributed by atoms with Crippen molar-refractivity contribution >= 4 is 27.3 Å². The monoisotopic (exact) mass is 539 g/mol. The number of hydrogen-bond donors (Lipinski definition) is 0. The second-order valence-electron chi connectivity index (χ2n) is 9.76. The SMILES string of the molecule is COc1ccc(S(=O)(=O)N2CCN(C(=O)CN3CCc4sccc4[C@@H]3c3ccccc3C)C[C@H]2C)cc1. The van der Waals surface area contributed by atoms with E-state index in [0.29, 0.717) is 25.4 Å². The van der Waals surface area contributed by atoms with Gasteiger partial charge in [0.25, 0.3) is 0 Å². The third kappa shape index (κ3) is 5.05. The van der Waals surface area contributed by atoms with Crippen molar-refractivity contribution in [3.63, 3.8) is 0 Å². The van der Waals surface area contributed by atoms with Gasteiger partial charge in [0.05, 0.1) is 24.6 Å². The third-order valence-corrected chi connectivity index (χ3v) is 10.5. The Kier molecular flexibility index (Phi) is 7.40. The van der Waals surface area contributed by atoms with E-state index in [2.05, 4.69) is 41.5 Å². The number of aryl methyl sites for hydroxylation is 1. The van der Waals surface area contributed by atoms with Crippen LogP contribution in [0.5, 0.6) is 5.75 Å². The zero-order valence-electron chi connectivity index (χ0n) is 21.5. The minimum atomic E-state index is -3.66. The van der Waals surface area contributed by atoms with Gasteiger partial charge in [0, 0.05) is 37.1 Å². The Morgan fingerprint density at radius 3 is 2.49 bits per heavy atom. The Hall–Kier alpha value is -2.72. The third-order valence-electron chi connectivity index (χ3n) is 7.47. The predicted octanol–water partition coefficient (Wildman–Crippen LogP) is 3.93. The number of nitrogens with zero attached hydrogens (tertiary/aromatic N) is 3. The normalized spacial score (nSPS) is 21.0. The molecule has 1 saturated heterocycles. The summed E-state index contributed by atoms with van der Waals surface area (Å²) in [5.41, 5.74) is 3.75. The number of sulfonamides is 1. The molecule has 2 aromatic carbocycles. The molecule has 1 aromatic heterocycles. The topological polar surface area (TPSA) is 70.2 Å². The van der Waals surface area contributed by atoms with Gasteiger partial charge < -0.3 is 9.64 Å². The van der Waals surface area contributed by atoms with Crippen LogP contribution in [0, 0.1) is 6.92 Å². The molecule has 0 spiro atoms. The quantitative estimate of drug-likeness (QED) is 0.475. The molecule has 3 heterocycles. The van der Waals surface area contributed by atoms with E-state index in [0.717, 1.165) is 13.0 Å². The molecule has 1 fully saturated rings. The number of carbonyl (C=O) groups is 1. The summed E-state index contributed by atoms with van der Waals surface area (Å²) in [7, 11) is -2.11. The summed E-state index contributed by atoms with van der Waals surface area (Å²) in [6.07, 6.45) is 0.937. The van der Waals surface area contributed by atoms with E-state index in [-0.39, 0.29) is 29.4 Å². The molecule has 196 valence electrons. The smallest absolute Gasteiger partial charge is 0.243 e. The predicted molar refractivity (Wildman–Crippen MR) is 146 cm³/mol. The first-order valence-corrected chi connectivity index (χ1v) is 14.9. The van der Waals surface area contributed by atoms with Crippen molar-refractivity contribution in [1.82, 2.24) is 14.1 Å². The molecular formula is C28H33N3O4S2. The summed E-state index contributed by atoms with van der Waals surface area (Å²) in [5.74, 6) is 0.657. The summed E-state index contributed by atoms with van der Waals surface area (Å²) in [4.78, 5) is 19.3. The van der Waals surface area contributed by atoms with Gasteiger partial charge in [-0.3, -0.25) is 9.69 Å². The number of piperazine rings is 1. The van der Waals surface area contributed by atoms with Crippen LogP contribution in [-0.4, -0.2) is 74.3 Å². The molecule has 0 N–H and O–H groups in total. The Balaban J connectivity index is 1.30. The highest BCUT2D eigenvalue weighted by atomic mass is 32.2. The fourth-order valence-electron chi connectivity index (χ4n) is 5.48. The van der Waals surface area contributed by atoms with Crippen LogP contribution in [0.4, 0.5) is 0 Å². The van der Waals surface area contributed by atoms with Crippen molar-refractivity contribution in [3.05, 3.63) is 81.5 Å². The van der Waals surface area contributed by atoms with Crippen LogP contribution in [-0.2, 0) is 21.2 Å². The summed E-state index contributed by atoms with van der Waals surface area (Å²) < 4.78 is 33.2. The molecule has 2 aliphatic heterocycles. The highest BCUT2D eigenvalue weighted by Crippen LogP contribution is 2.38. The first-order chi connectivity index (χ1) is 17.8. The Labute approximate surface area is 223 Å². The second-order valence-corrected chi connectivity index (χ2v) is 12.7. The maximum atomic E-state index is 13.5. The van der Waals surface area contributed by atoms with Gasteiger partial charge in [-0.2, -0.15) is 4.31 Å². The fourth-order valence-corrected chi connectivity index (χ4v) is 7.99. The van der Waals surface area contributed by atoms with Crippen LogP contribution in [0.25, 0.3) is 0 Å². The molecule has 2 atom stereocenters. The summed E-state index contributed by atoms with van der Waals surface area (Å²) >= 11 is 1.79. The van der Waals surface area contributed by atoms with Crippen LogP contribution in [0.15, 0.2) is 64.9 Å². The van der Waals surface area contributed by atoms with E-state index in [4.69, 9.17) is 4.74 Å². The number of benzene rings is 2. The lowest BCUT2D eigenvalue weighted by molar-refractivity contribution is -0.135. The molecule has 0 saturated carbocycles. The van der Waals surface area contributed by atoms with E-state index in [1.165, 1.54) is 25.9 Å². The van der Waals surface area contributed by atoms with Gasteiger partial charge in [0.15, 0.2) is 0 Å². The maximum absolute atomic E-state index is 13.5. The minimum absolute atomic E-state index is 0.0469. The van der Waals surface area contributed by atoms with Crippen LogP contribution < -0.4 is 4.74 Å². The number of hydrogen-bond acceptors (Lipinski definition) is 6.